The second kappa shape index (κ2) is 12.1. The molecule has 0 aliphatic heterocycles. The average molecular weight is 514 g/mol. The van der Waals surface area contributed by atoms with Gasteiger partial charge in [0, 0.05) is 17.1 Å². The minimum absolute atomic E-state index is 0.249. The van der Waals surface area contributed by atoms with Crippen LogP contribution in [-0.2, 0) is 12.3 Å². The maximum atomic E-state index is 13.1. The summed E-state index contributed by atoms with van der Waals surface area (Å²) in [6, 6.07) is 24.5. The Bertz CT molecular complexity index is 1300. The van der Waals surface area contributed by atoms with Gasteiger partial charge in [-0.2, -0.15) is 0 Å². The number of benzene rings is 3. The number of rotatable bonds is 9. The number of aryl methyl sites for hydroxylation is 1. The van der Waals surface area contributed by atoms with Gasteiger partial charge < -0.3 is 10.6 Å². The number of urea groups is 1. The molecule has 0 unspecified atom stereocenters. The number of aromatic nitrogens is 3. The minimum Gasteiger partial charge on any atom is -0.331 e. The molecule has 7 heteroatoms. The Morgan fingerprint density at radius 3 is 2.14 bits per heavy atom. The zero-order valence-corrected chi connectivity index (χ0v) is 23.0. The first-order valence-electron chi connectivity index (χ1n) is 12.7. The molecule has 2 amide bonds. The van der Waals surface area contributed by atoms with E-state index in [-0.39, 0.29) is 12.6 Å². The second-order valence-electron chi connectivity index (χ2n) is 9.77. The van der Waals surface area contributed by atoms with E-state index < -0.39 is 0 Å². The van der Waals surface area contributed by atoms with Crippen molar-refractivity contribution in [1.82, 2.24) is 20.1 Å². The zero-order valence-electron chi connectivity index (χ0n) is 22.2. The van der Waals surface area contributed by atoms with Crippen LogP contribution in [0.1, 0.15) is 67.6 Å². The number of amides is 2. The molecule has 4 rings (SSSR count). The number of nitrogens with one attached hydrogen (secondary N) is 2. The van der Waals surface area contributed by atoms with Crippen molar-refractivity contribution in [2.75, 3.05) is 5.32 Å². The van der Waals surface area contributed by atoms with Crippen molar-refractivity contribution in [1.29, 1.82) is 0 Å². The summed E-state index contributed by atoms with van der Waals surface area (Å²) < 4.78 is 2.02. The van der Waals surface area contributed by atoms with E-state index in [4.69, 9.17) is 0 Å². The quantitative estimate of drug-likeness (QED) is 0.228. The molecule has 4 aromatic rings. The van der Waals surface area contributed by atoms with Crippen LogP contribution in [0.3, 0.4) is 0 Å². The summed E-state index contributed by atoms with van der Waals surface area (Å²) in [5.41, 5.74) is 6.51. The molecule has 192 valence electrons. The zero-order chi connectivity index (χ0) is 26.4. The molecule has 6 nitrogen and oxygen atoms in total. The second-order valence-corrected chi connectivity index (χ2v) is 10.7. The number of carbonyl (C=O) groups excluding carboxylic acids is 1. The van der Waals surface area contributed by atoms with Crippen molar-refractivity contribution < 1.29 is 4.79 Å². The van der Waals surface area contributed by atoms with Crippen LogP contribution in [0.5, 0.6) is 0 Å². The van der Waals surface area contributed by atoms with E-state index in [1.807, 2.05) is 22.8 Å². The molecule has 2 N–H and O–H groups in total. The molecule has 1 heterocycles. The van der Waals surface area contributed by atoms with Crippen molar-refractivity contribution in [3.8, 4) is 5.69 Å². The lowest BCUT2D eigenvalue weighted by Crippen LogP contribution is -2.30. The van der Waals surface area contributed by atoms with E-state index in [0.717, 1.165) is 33.4 Å². The summed E-state index contributed by atoms with van der Waals surface area (Å²) in [5.74, 6) is 2.05. The summed E-state index contributed by atoms with van der Waals surface area (Å²) in [5, 5.41) is 15.8. The summed E-state index contributed by atoms with van der Waals surface area (Å²) in [7, 11) is 0. The maximum Gasteiger partial charge on any atom is 0.319 e. The Labute approximate surface area is 223 Å². The highest BCUT2D eigenvalue weighted by atomic mass is 32.2. The number of nitrogens with zero attached hydrogens (tertiary/aromatic N) is 3. The molecule has 0 aliphatic carbocycles. The first-order valence-corrected chi connectivity index (χ1v) is 13.7. The number of hydrogen-bond donors (Lipinski definition) is 2. The normalized spacial score (nSPS) is 11.2. The topological polar surface area (TPSA) is 71.8 Å². The van der Waals surface area contributed by atoms with Gasteiger partial charge in [-0.15, -0.1) is 10.2 Å². The van der Waals surface area contributed by atoms with Crippen LogP contribution in [0.4, 0.5) is 10.5 Å². The fraction of sp³-hybridized carbons (Fsp3) is 0.300. The van der Waals surface area contributed by atoms with Gasteiger partial charge in [-0.1, -0.05) is 106 Å². The van der Waals surface area contributed by atoms with E-state index in [1.54, 1.807) is 11.8 Å². The van der Waals surface area contributed by atoms with Gasteiger partial charge >= 0.3 is 6.03 Å². The maximum absolute atomic E-state index is 13.1. The summed E-state index contributed by atoms with van der Waals surface area (Å²) in [4.78, 5) is 13.1. The van der Waals surface area contributed by atoms with Gasteiger partial charge in [0.25, 0.3) is 0 Å². The third kappa shape index (κ3) is 6.60. The SMILES string of the molecule is Cc1ccc(-n2c(CNC(=O)Nc3c(C(C)C)cccc3C(C)C)nnc2SCc2ccccc2)cc1. The molecule has 0 atom stereocenters. The van der Waals surface area contributed by atoms with Crippen molar-refractivity contribution in [2.24, 2.45) is 0 Å². The van der Waals surface area contributed by atoms with E-state index in [1.165, 1.54) is 11.1 Å². The Morgan fingerprint density at radius 2 is 1.51 bits per heavy atom. The predicted octanol–water partition coefficient (Wildman–Crippen LogP) is 7.44. The highest BCUT2D eigenvalue weighted by Crippen LogP contribution is 2.32. The Balaban J connectivity index is 1.54. The number of hydrogen-bond acceptors (Lipinski definition) is 4. The van der Waals surface area contributed by atoms with Crippen molar-refractivity contribution in [3.63, 3.8) is 0 Å². The summed E-state index contributed by atoms with van der Waals surface area (Å²) >= 11 is 1.63. The fourth-order valence-corrected chi connectivity index (χ4v) is 5.12. The molecule has 0 saturated heterocycles. The monoisotopic (exact) mass is 513 g/mol. The molecule has 0 bridgehead atoms. The molecule has 0 radical (unpaired) electrons. The highest BCUT2D eigenvalue weighted by Gasteiger charge is 2.18. The Hall–Kier alpha value is -3.58. The molecule has 0 fully saturated rings. The predicted molar refractivity (Wildman–Crippen MR) is 153 cm³/mol. The lowest BCUT2D eigenvalue weighted by atomic mass is 9.93. The summed E-state index contributed by atoms with van der Waals surface area (Å²) in [6.45, 7) is 10.9. The van der Waals surface area contributed by atoms with E-state index in [2.05, 4.69) is 110 Å². The molecule has 0 spiro atoms. The molecule has 37 heavy (non-hydrogen) atoms. The highest BCUT2D eigenvalue weighted by molar-refractivity contribution is 7.98. The molecule has 1 aromatic heterocycles. The molecular weight excluding hydrogens is 478 g/mol. The van der Waals surface area contributed by atoms with E-state index >= 15 is 0 Å². The van der Waals surface area contributed by atoms with Crippen molar-refractivity contribution in [2.45, 2.75) is 63.9 Å². The third-order valence-electron chi connectivity index (χ3n) is 6.22. The van der Waals surface area contributed by atoms with Gasteiger partial charge in [-0.25, -0.2) is 4.79 Å². The average Bonchev–Trinajstić information content (AvgIpc) is 3.30. The lowest BCUT2D eigenvalue weighted by Gasteiger charge is -2.20. The van der Waals surface area contributed by atoms with Gasteiger partial charge in [0.2, 0.25) is 0 Å². The number of anilines is 1. The third-order valence-corrected chi connectivity index (χ3v) is 7.22. The number of para-hydroxylation sites is 1. The van der Waals surface area contributed by atoms with Gasteiger partial charge in [0.15, 0.2) is 11.0 Å². The van der Waals surface area contributed by atoms with Crippen LogP contribution in [0.25, 0.3) is 5.69 Å². The standard InChI is InChI=1S/C30H35N5OS/c1-20(2)25-12-9-13-26(21(3)4)28(25)32-29(36)31-18-27-33-34-30(37-19-23-10-7-6-8-11-23)35(27)24-16-14-22(5)15-17-24/h6-17,20-21H,18-19H2,1-5H3,(H2,31,32,36). The first kappa shape index (κ1) is 26.5. The Kier molecular flexibility index (Phi) is 8.66. The van der Waals surface area contributed by atoms with Crippen LogP contribution < -0.4 is 10.6 Å². The Morgan fingerprint density at radius 1 is 0.865 bits per heavy atom. The molecule has 0 aliphatic rings. The molecule has 3 aromatic carbocycles. The van der Waals surface area contributed by atoms with Crippen molar-refractivity contribution >= 4 is 23.5 Å². The van der Waals surface area contributed by atoms with Gasteiger partial charge in [0.1, 0.15) is 0 Å². The van der Waals surface area contributed by atoms with Crippen LogP contribution in [-0.4, -0.2) is 20.8 Å². The largest absolute Gasteiger partial charge is 0.331 e. The van der Waals surface area contributed by atoms with Gasteiger partial charge in [0.05, 0.1) is 6.54 Å². The van der Waals surface area contributed by atoms with Crippen LogP contribution in [0.15, 0.2) is 78.0 Å². The number of thioether (sulfide) groups is 1. The lowest BCUT2D eigenvalue weighted by molar-refractivity contribution is 0.251. The number of carbonyl (C=O) groups is 1. The fourth-order valence-electron chi connectivity index (χ4n) is 4.20. The van der Waals surface area contributed by atoms with Crippen LogP contribution in [0, 0.1) is 6.92 Å². The van der Waals surface area contributed by atoms with E-state index in [9.17, 15) is 4.79 Å². The van der Waals surface area contributed by atoms with Crippen molar-refractivity contribution in [3.05, 3.63) is 101 Å². The van der Waals surface area contributed by atoms with Gasteiger partial charge in [-0.05, 0) is 47.6 Å². The van der Waals surface area contributed by atoms with E-state index in [0.29, 0.717) is 17.7 Å². The molecular formula is C30H35N5OS. The van der Waals surface area contributed by atoms with Crippen LogP contribution in [0.2, 0.25) is 0 Å². The first-order chi connectivity index (χ1) is 17.8. The summed E-state index contributed by atoms with van der Waals surface area (Å²) in [6.07, 6.45) is 0. The molecule has 0 saturated carbocycles. The van der Waals surface area contributed by atoms with Gasteiger partial charge in [-0.3, -0.25) is 4.57 Å². The smallest absolute Gasteiger partial charge is 0.319 e. The minimum atomic E-state index is -0.257. The van der Waals surface area contributed by atoms with Crippen LogP contribution >= 0.6 is 11.8 Å².